The highest BCUT2D eigenvalue weighted by Crippen LogP contribution is 2.42. The number of carbonyl (C=O) groups excluding carboxylic acids is 2. The molecule has 1 aliphatic heterocycles. The summed E-state index contributed by atoms with van der Waals surface area (Å²) in [4.78, 5) is 27.1. The number of hydrogen-bond acceptors (Lipinski definition) is 5. The summed E-state index contributed by atoms with van der Waals surface area (Å²) in [7, 11) is 0. The molecule has 0 aliphatic carbocycles. The van der Waals surface area contributed by atoms with Gasteiger partial charge < -0.3 is 9.63 Å². The molecule has 146 valence electrons. The maximum atomic E-state index is 13.0. The molecule has 0 saturated carbocycles. The number of ketones is 1. The monoisotopic (exact) mass is 452 g/mol. The first kappa shape index (κ1) is 19.1. The van der Waals surface area contributed by atoms with Crippen LogP contribution in [0.25, 0.3) is 5.76 Å². The molecule has 1 saturated heterocycles. The Bertz CT molecular complexity index is 1130. The molecule has 1 aromatic heterocycles. The summed E-state index contributed by atoms with van der Waals surface area (Å²) in [6.07, 6.45) is 0. The first-order chi connectivity index (χ1) is 13.9. The lowest BCUT2D eigenvalue weighted by Gasteiger charge is -2.22. The van der Waals surface area contributed by atoms with Gasteiger partial charge in [-0.15, -0.1) is 0 Å². The summed E-state index contributed by atoms with van der Waals surface area (Å²) in [6.45, 7) is 3.63. The number of aliphatic hydroxyl groups is 1. The lowest BCUT2D eigenvalue weighted by Crippen LogP contribution is -2.29. The number of anilines is 1. The summed E-state index contributed by atoms with van der Waals surface area (Å²) in [5, 5.41) is 14.9. The van der Waals surface area contributed by atoms with Gasteiger partial charge in [0.2, 0.25) is 0 Å². The zero-order valence-corrected chi connectivity index (χ0v) is 17.3. The van der Waals surface area contributed by atoms with Crippen molar-refractivity contribution in [3.05, 3.63) is 87.1 Å². The second-order valence-electron chi connectivity index (χ2n) is 6.88. The van der Waals surface area contributed by atoms with Crippen molar-refractivity contribution in [1.29, 1.82) is 0 Å². The first-order valence-corrected chi connectivity index (χ1v) is 9.73. The van der Waals surface area contributed by atoms with E-state index in [1.54, 1.807) is 37.3 Å². The predicted molar refractivity (Wildman–Crippen MR) is 111 cm³/mol. The van der Waals surface area contributed by atoms with Crippen molar-refractivity contribution in [1.82, 2.24) is 5.16 Å². The van der Waals surface area contributed by atoms with Gasteiger partial charge in [0, 0.05) is 16.1 Å². The quantitative estimate of drug-likeness (QED) is 0.354. The number of aryl methyl sites for hydroxylation is 2. The number of halogens is 1. The van der Waals surface area contributed by atoms with Crippen LogP contribution < -0.4 is 4.90 Å². The predicted octanol–water partition coefficient (Wildman–Crippen LogP) is 4.68. The van der Waals surface area contributed by atoms with Crippen LogP contribution in [0.4, 0.5) is 5.82 Å². The summed E-state index contributed by atoms with van der Waals surface area (Å²) in [5.74, 6) is -1.02. The van der Waals surface area contributed by atoms with E-state index in [0.29, 0.717) is 16.9 Å². The first-order valence-electron chi connectivity index (χ1n) is 8.93. The van der Waals surface area contributed by atoms with Crippen molar-refractivity contribution in [2.75, 3.05) is 4.90 Å². The molecule has 7 heteroatoms. The SMILES string of the molecule is Cc1ccc(/C(O)=C2\C(=O)C(=O)N(c3cc(C)on3)[C@@H]2c2ccc(Br)cc2)cc1. The zero-order chi connectivity index (χ0) is 20.7. The Labute approximate surface area is 175 Å². The molecule has 1 atom stereocenters. The van der Waals surface area contributed by atoms with Crippen LogP contribution in [0.2, 0.25) is 0 Å². The fourth-order valence-electron chi connectivity index (χ4n) is 3.36. The minimum Gasteiger partial charge on any atom is -0.507 e. The number of aliphatic hydroxyl groups excluding tert-OH is 1. The van der Waals surface area contributed by atoms with E-state index in [0.717, 1.165) is 10.0 Å². The molecule has 29 heavy (non-hydrogen) atoms. The second-order valence-corrected chi connectivity index (χ2v) is 7.80. The van der Waals surface area contributed by atoms with Gasteiger partial charge in [-0.2, -0.15) is 0 Å². The number of amides is 1. The van der Waals surface area contributed by atoms with E-state index in [9.17, 15) is 14.7 Å². The van der Waals surface area contributed by atoms with Crippen molar-refractivity contribution < 1.29 is 19.2 Å². The van der Waals surface area contributed by atoms with Crippen LogP contribution >= 0.6 is 15.9 Å². The molecule has 1 aliphatic rings. The molecule has 4 rings (SSSR count). The van der Waals surface area contributed by atoms with Crippen molar-refractivity contribution in [3.8, 4) is 0 Å². The molecule has 2 aromatic carbocycles. The van der Waals surface area contributed by atoms with Crippen molar-refractivity contribution >= 4 is 39.2 Å². The van der Waals surface area contributed by atoms with Crippen LogP contribution in [0.15, 0.2) is 69.2 Å². The molecule has 0 spiro atoms. The minimum absolute atomic E-state index is 0.0156. The fraction of sp³-hybridized carbons (Fsp3) is 0.136. The van der Waals surface area contributed by atoms with Gasteiger partial charge in [-0.1, -0.05) is 63.0 Å². The van der Waals surface area contributed by atoms with Crippen molar-refractivity contribution in [2.24, 2.45) is 0 Å². The van der Waals surface area contributed by atoms with Crippen molar-refractivity contribution in [3.63, 3.8) is 0 Å². The highest BCUT2D eigenvalue weighted by molar-refractivity contribution is 9.10. The molecule has 0 radical (unpaired) electrons. The highest BCUT2D eigenvalue weighted by atomic mass is 79.9. The van der Waals surface area contributed by atoms with E-state index in [-0.39, 0.29) is 17.2 Å². The van der Waals surface area contributed by atoms with Gasteiger partial charge in [-0.3, -0.25) is 14.5 Å². The molecule has 1 N–H and O–H groups in total. The van der Waals surface area contributed by atoms with Crippen LogP contribution in [-0.2, 0) is 9.59 Å². The number of rotatable bonds is 3. The Morgan fingerprint density at radius 3 is 2.31 bits per heavy atom. The second kappa shape index (κ2) is 7.33. The molecule has 0 unspecified atom stereocenters. The largest absolute Gasteiger partial charge is 0.507 e. The Hall–Kier alpha value is -3.19. The average Bonchev–Trinajstić information content (AvgIpc) is 3.24. The number of hydrogen-bond donors (Lipinski definition) is 1. The fourth-order valence-corrected chi connectivity index (χ4v) is 3.63. The van der Waals surface area contributed by atoms with E-state index in [2.05, 4.69) is 21.1 Å². The summed E-state index contributed by atoms with van der Waals surface area (Å²) < 4.78 is 5.97. The van der Waals surface area contributed by atoms with E-state index in [1.165, 1.54) is 4.90 Å². The number of benzene rings is 2. The van der Waals surface area contributed by atoms with Gasteiger partial charge in [-0.25, -0.2) is 0 Å². The van der Waals surface area contributed by atoms with E-state index >= 15 is 0 Å². The molecule has 6 nitrogen and oxygen atoms in total. The Balaban J connectivity index is 1.93. The number of carbonyl (C=O) groups is 2. The molecule has 3 aromatic rings. The molecule has 1 amide bonds. The zero-order valence-electron chi connectivity index (χ0n) is 15.7. The molecule has 1 fully saturated rings. The smallest absolute Gasteiger partial charge is 0.301 e. The highest BCUT2D eigenvalue weighted by Gasteiger charge is 2.48. The maximum absolute atomic E-state index is 13.0. The Kier molecular flexibility index (Phi) is 4.84. The molecular formula is C22H17BrN2O4. The van der Waals surface area contributed by atoms with Gasteiger partial charge in [0.05, 0.1) is 11.6 Å². The third kappa shape index (κ3) is 3.38. The summed E-state index contributed by atoms with van der Waals surface area (Å²) in [5.41, 5.74) is 2.17. The number of Topliss-reactive ketones (excluding diaryl/α,β-unsaturated/α-hetero) is 1. The minimum atomic E-state index is -0.825. The molecule has 2 heterocycles. The van der Waals surface area contributed by atoms with Crippen LogP contribution in [0.3, 0.4) is 0 Å². The normalized spacial score (nSPS) is 18.4. The van der Waals surface area contributed by atoms with Crippen LogP contribution in [0, 0.1) is 13.8 Å². The third-order valence-corrected chi connectivity index (χ3v) is 5.35. The van der Waals surface area contributed by atoms with E-state index < -0.39 is 17.7 Å². The molecule has 0 bridgehead atoms. The summed E-state index contributed by atoms with van der Waals surface area (Å²) >= 11 is 3.39. The van der Waals surface area contributed by atoms with Crippen LogP contribution in [0.5, 0.6) is 0 Å². The maximum Gasteiger partial charge on any atom is 0.301 e. The number of aromatic nitrogens is 1. The van der Waals surface area contributed by atoms with E-state index in [4.69, 9.17) is 4.52 Å². The topological polar surface area (TPSA) is 83.6 Å². The third-order valence-electron chi connectivity index (χ3n) is 4.82. The van der Waals surface area contributed by atoms with Crippen LogP contribution in [-0.4, -0.2) is 22.0 Å². The van der Waals surface area contributed by atoms with Gasteiger partial charge in [0.15, 0.2) is 5.82 Å². The number of nitrogens with zero attached hydrogens (tertiary/aromatic N) is 2. The average molecular weight is 453 g/mol. The summed E-state index contributed by atoms with van der Waals surface area (Å²) in [6, 6.07) is 15.1. The lowest BCUT2D eigenvalue weighted by molar-refractivity contribution is -0.132. The van der Waals surface area contributed by atoms with Gasteiger partial charge in [0.25, 0.3) is 5.78 Å². The van der Waals surface area contributed by atoms with Crippen LogP contribution in [0.1, 0.15) is 28.5 Å². The van der Waals surface area contributed by atoms with E-state index in [1.807, 2.05) is 31.2 Å². The van der Waals surface area contributed by atoms with Gasteiger partial charge in [0.1, 0.15) is 11.5 Å². The van der Waals surface area contributed by atoms with Gasteiger partial charge >= 0.3 is 5.91 Å². The lowest BCUT2D eigenvalue weighted by atomic mass is 9.95. The standard InChI is InChI=1S/C22H17BrN2O4/c1-12-3-5-15(6-4-12)20(26)18-19(14-7-9-16(23)10-8-14)25(22(28)21(18)27)17-11-13(2)29-24-17/h3-11,19,26H,1-2H3/b20-18+/t19-/m1/s1. The Morgan fingerprint density at radius 2 is 1.72 bits per heavy atom. The van der Waals surface area contributed by atoms with Crippen molar-refractivity contribution in [2.45, 2.75) is 19.9 Å². The molecular weight excluding hydrogens is 436 g/mol. The Morgan fingerprint density at radius 1 is 1.07 bits per heavy atom. The van der Waals surface area contributed by atoms with Gasteiger partial charge in [-0.05, 0) is 31.5 Å².